The predicted molar refractivity (Wildman–Crippen MR) is 82.1 cm³/mol. The Morgan fingerprint density at radius 3 is 2.86 bits per heavy atom. The zero-order valence-electron chi connectivity index (χ0n) is 12.4. The van der Waals surface area contributed by atoms with E-state index in [-0.39, 0.29) is 5.91 Å². The van der Waals surface area contributed by atoms with E-state index in [1.807, 2.05) is 17.0 Å². The van der Waals surface area contributed by atoms with Gasteiger partial charge in [-0.15, -0.1) is 0 Å². The molecule has 0 atom stereocenters. The number of nitrogens with two attached hydrogens (primary N) is 1. The molecule has 114 valence electrons. The van der Waals surface area contributed by atoms with Crippen LogP contribution in [0.15, 0.2) is 35.9 Å². The third-order valence-corrected chi connectivity index (χ3v) is 3.48. The lowest BCUT2D eigenvalue weighted by molar-refractivity contribution is -0.131. The average Bonchev–Trinajstić information content (AvgIpc) is 2.50. The highest BCUT2D eigenvalue weighted by Crippen LogP contribution is 2.20. The lowest BCUT2D eigenvalue weighted by Crippen LogP contribution is -2.36. The number of hydrogen-bond acceptors (Lipinski definition) is 4. The summed E-state index contributed by atoms with van der Waals surface area (Å²) in [6.45, 7) is 2.41. The van der Waals surface area contributed by atoms with Crippen molar-refractivity contribution in [2.45, 2.75) is 12.8 Å². The normalized spacial score (nSPS) is 14.7. The van der Waals surface area contributed by atoms with Crippen molar-refractivity contribution in [3.63, 3.8) is 0 Å². The fourth-order valence-electron chi connectivity index (χ4n) is 2.27. The number of para-hydroxylation sites is 2. The Morgan fingerprint density at radius 1 is 1.38 bits per heavy atom. The van der Waals surface area contributed by atoms with E-state index in [4.69, 9.17) is 15.2 Å². The lowest BCUT2D eigenvalue weighted by atomic mass is 10.1. The minimum atomic E-state index is 0.109. The first-order chi connectivity index (χ1) is 10.2. The van der Waals surface area contributed by atoms with Crippen LogP contribution in [0.25, 0.3) is 0 Å². The molecule has 0 saturated heterocycles. The van der Waals surface area contributed by atoms with Crippen molar-refractivity contribution in [2.75, 3.05) is 39.1 Å². The Labute approximate surface area is 125 Å². The van der Waals surface area contributed by atoms with Gasteiger partial charge in [0.2, 0.25) is 5.91 Å². The second-order valence-electron chi connectivity index (χ2n) is 5.02. The maximum atomic E-state index is 12.1. The predicted octanol–water partition coefficient (Wildman–Crippen LogP) is 1.84. The molecule has 21 heavy (non-hydrogen) atoms. The van der Waals surface area contributed by atoms with E-state index in [0.717, 1.165) is 13.0 Å². The number of anilines is 1. The quantitative estimate of drug-likeness (QED) is 0.641. The van der Waals surface area contributed by atoms with Gasteiger partial charge in [-0.1, -0.05) is 18.2 Å². The van der Waals surface area contributed by atoms with Gasteiger partial charge in [-0.3, -0.25) is 4.79 Å². The van der Waals surface area contributed by atoms with Crippen molar-refractivity contribution < 1.29 is 14.3 Å². The van der Waals surface area contributed by atoms with Gasteiger partial charge in [-0.25, -0.2) is 0 Å². The van der Waals surface area contributed by atoms with Crippen LogP contribution in [0.5, 0.6) is 5.75 Å². The summed E-state index contributed by atoms with van der Waals surface area (Å²) < 4.78 is 10.6. The van der Waals surface area contributed by atoms with Crippen LogP contribution in [0, 0.1) is 0 Å². The third kappa shape index (κ3) is 4.49. The van der Waals surface area contributed by atoms with Gasteiger partial charge >= 0.3 is 0 Å². The number of nitrogen functional groups attached to an aromatic ring is 1. The number of carbonyl (C=O) groups excluding carboxylic acids is 1. The summed E-state index contributed by atoms with van der Waals surface area (Å²) in [6, 6.07) is 7.30. The highest BCUT2D eigenvalue weighted by Gasteiger charge is 2.17. The molecule has 0 aliphatic carbocycles. The summed E-state index contributed by atoms with van der Waals surface area (Å²) in [6.07, 6.45) is 3.31. The van der Waals surface area contributed by atoms with Crippen LogP contribution < -0.4 is 10.5 Å². The average molecular weight is 290 g/mol. The number of amides is 1. The van der Waals surface area contributed by atoms with Gasteiger partial charge < -0.3 is 20.1 Å². The summed E-state index contributed by atoms with van der Waals surface area (Å²) in [5.41, 5.74) is 7.64. The van der Waals surface area contributed by atoms with Crippen LogP contribution in [-0.4, -0.2) is 44.2 Å². The number of methoxy groups -OCH3 is 1. The van der Waals surface area contributed by atoms with Crippen molar-refractivity contribution in [2.24, 2.45) is 0 Å². The molecule has 0 saturated carbocycles. The fourth-order valence-corrected chi connectivity index (χ4v) is 2.27. The Morgan fingerprint density at radius 2 is 2.19 bits per heavy atom. The zero-order chi connectivity index (χ0) is 15.1. The number of hydrogen-bond donors (Lipinski definition) is 1. The molecule has 0 aromatic heterocycles. The third-order valence-electron chi connectivity index (χ3n) is 3.48. The first-order valence-electron chi connectivity index (χ1n) is 7.12. The summed E-state index contributed by atoms with van der Waals surface area (Å²) in [5.74, 6) is 0.739. The number of carbonyl (C=O) groups is 1. The topological polar surface area (TPSA) is 64.8 Å². The summed E-state index contributed by atoms with van der Waals surface area (Å²) in [7, 11) is 1.69. The number of ether oxygens (including phenoxy) is 2. The Balaban J connectivity index is 1.74. The molecule has 1 aromatic rings. The first kappa shape index (κ1) is 15.4. The number of nitrogens with zero attached hydrogens (tertiary/aromatic N) is 1. The van der Waals surface area contributed by atoms with Crippen LogP contribution in [0.2, 0.25) is 0 Å². The molecule has 0 fully saturated rings. The maximum absolute atomic E-state index is 12.1. The van der Waals surface area contributed by atoms with Gasteiger partial charge in [-0.2, -0.15) is 0 Å². The van der Waals surface area contributed by atoms with E-state index in [0.29, 0.717) is 37.6 Å². The monoisotopic (exact) mass is 290 g/mol. The Bertz CT molecular complexity index is 514. The van der Waals surface area contributed by atoms with Crippen LogP contribution in [0.3, 0.4) is 0 Å². The van der Waals surface area contributed by atoms with E-state index in [2.05, 4.69) is 6.08 Å². The molecule has 1 aliphatic rings. The van der Waals surface area contributed by atoms with E-state index in [1.54, 1.807) is 19.2 Å². The maximum Gasteiger partial charge on any atom is 0.226 e. The smallest absolute Gasteiger partial charge is 0.226 e. The van der Waals surface area contributed by atoms with Crippen molar-refractivity contribution in [1.29, 1.82) is 0 Å². The van der Waals surface area contributed by atoms with Crippen molar-refractivity contribution in [1.82, 2.24) is 4.90 Å². The van der Waals surface area contributed by atoms with Gasteiger partial charge in [0, 0.05) is 20.2 Å². The van der Waals surface area contributed by atoms with Gasteiger partial charge in [0.25, 0.3) is 0 Å². The van der Waals surface area contributed by atoms with Gasteiger partial charge in [0.15, 0.2) is 0 Å². The van der Waals surface area contributed by atoms with Crippen LogP contribution in [0.4, 0.5) is 5.69 Å². The molecule has 0 spiro atoms. The summed E-state index contributed by atoms with van der Waals surface area (Å²) >= 11 is 0. The standard InChI is InChI=1S/C16H22N2O3/c1-20-12-13-6-9-18(10-7-13)16(19)8-11-21-15-5-3-2-4-14(15)17/h2-6H,7-12,17H2,1H3. The molecule has 0 radical (unpaired) electrons. The van der Waals surface area contributed by atoms with Gasteiger partial charge in [0.05, 0.1) is 25.3 Å². The van der Waals surface area contributed by atoms with Crippen molar-refractivity contribution >= 4 is 11.6 Å². The van der Waals surface area contributed by atoms with E-state index < -0.39 is 0 Å². The van der Waals surface area contributed by atoms with Crippen LogP contribution >= 0.6 is 0 Å². The van der Waals surface area contributed by atoms with Crippen LogP contribution in [-0.2, 0) is 9.53 Å². The minimum absolute atomic E-state index is 0.109. The summed E-state index contributed by atoms with van der Waals surface area (Å²) in [5, 5.41) is 0. The van der Waals surface area contributed by atoms with Crippen LogP contribution in [0.1, 0.15) is 12.8 Å². The zero-order valence-corrected chi connectivity index (χ0v) is 12.4. The molecule has 1 amide bonds. The highest BCUT2D eigenvalue weighted by molar-refractivity contribution is 5.76. The Hall–Kier alpha value is -2.01. The second kappa shape index (κ2) is 7.69. The van der Waals surface area contributed by atoms with Crippen molar-refractivity contribution in [3.05, 3.63) is 35.9 Å². The molecule has 2 N–H and O–H groups in total. The van der Waals surface area contributed by atoms with Crippen molar-refractivity contribution in [3.8, 4) is 5.75 Å². The van der Waals surface area contributed by atoms with E-state index in [9.17, 15) is 4.79 Å². The number of rotatable bonds is 6. The van der Waals surface area contributed by atoms with Gasteiger partial charge in [0.1, 0.15) is 5.75 Å². The second-order valence-corrected chi connectivity index (χ2v) is 5.02. The van der Waals surface area contributed by atoms with Gasteiger partial charge in [-0.05, 0) is 24.1 Å². The molecule has 2 rings (SSSR count). The lowest BCUT2D eigenvalue weighted by Gasteiger charge is -2.26. The molecular formula is C16H22N2O3. The number of benzene rings is 1. The molecule has 5 heteroatoms. The SMILES string of the molecule is COCC1=CCN(C(=O)CCOc2ccccc2N)CC1. The highest BCUT2D eigenvalue weighted by atomic mass is 16.5. The minimum Gasteiger partial charge on any atom is -0.491 e. The molecule has 1 heterocycles. The molecule has 0 bridgehead atoms. The van der Waals surface area contributed by atoms with E-state index >= 15 is 0 Å². The molecule has 5 nitrogen and oxygen atoms in total. The molecule has 1 aromatic carbocycles. The molecule has 0 unspecified atom stereocenters. The van der Waals surface area contributed by atoms with E-state index in [1.165, 1.54) is 5.57 Å². The first-order valence-corrected chi connectivity index (χ1v) is 7.12. The largest absolute Gasteiger partial charge is 0.491 e. The fraction of sp³-hybridized carbons (Fsp3) is 0.438. The Kier molecular flexibility index (Phi) is 5.63. The summed E-state index contributed by atoms with van der Waals surface area (Å²) in [4.78, 5) is 13.9. The molecule has 1 aliphatic heterocycles. The molecular weight excluding hydrogens is 268 g/mol.